The summed E-state index contributed by atoms with van der Waals surface area (Å²) in [7, 11) is 0. The number of hydrogen-bond acceptors (Lipinski definition) is 6. The number of fused-ring (bicyclic) bond motifs is 1. The average molecular weight is 353 g/mol. The summed E-state index contributed by atoms with van der Waals surface area (Å²) in [6.45, 7) is 1.40. The lowest BCUT2D eigenvalue weighted by Gasteiger charge is -2.17. The van der Waals surface area contributed by atoms with Gasteiger partial charge < -0.3 is 9.52 Å². The molecular formula is C19H15NO6. The van der Waals surface area contributed by atoms with Gasteiger partial charge in [-0.25, -0.2) is 4.79 Å². The zero-order valence-electron chi connectivity index (χ0n) is 13.8. The van der Waals surface area contributed by atoms with E-state index in [1.807, 2.05) is 0 Å². The molecule has 7 nitrogen and oxygen atoms in total. The molecule has 0 aliphatic carbocycles. The Morgan fingerprint density at radius 1 is 1.23 bits per heavy atom. The van der Waals surface area contributed by atoms with Crippen LogP contribution < -0.4 is 5.63 Å². The van der Waals surface area contributed by atoms with E-state index in [2.05, 4.69) is 0 Å². The van der Waals surface area contributed by atoms with Crippen LogP contribution in [0.1, 0.15) is 30.4 Å². The van der Waals surface area contributed by atoms with Crippen LogP contribution in [0, 0.1) is 10.1 Å². The van der Waals surface area contributed by atoms with Gasteiger partial charge in [0, 0.05) is 18.4 Å². The first kappa shape index (κ1) is 17.3. The van der Waals surface area contributed by atoms with E-state index in [1.165, 1.54) is 19.1 Å². The number of aromatic hydroxyl groups is 1. The largest absolute Gasteiger partial charge is 0.507 e. The Labute approximate surface area is 147 Å². The number of Topliss-reactive ketones (excluding diaryl/α,β-unsaturated/α-hetero) is 1. The molecule has 26 heavy (non-hydrogen) atoms. The maximum Gasteiger partial charge on any atom is 0.343 e. The highest BCUT2D eigenvalue weighted by atomic mass is 16.6. The molecule has 0 amide bonds. The van der Waals surface area contributed by atoms with E-state index in [1.54, 1.807) is 30.3 Å². The van der Waals surface area contributed by atoms with Crippen LogP contribution in [0.3, 0.4) is 0 Å². The Balaban J connectivity index is 2.25. The van der Waals surface area contributed by atoms with Gasteiger partial charge in [-0.1, -0.05) is 30.3 Å². The maximum absolute atomic E-state index is 12.5. The summed E-state index contributed by atoms with van der Waals surface area (Å²) in [5.41, 5.74) is -0.513. The summed E-state index contributed by atoms with van der Waals surface area (Å²) in [5.74, 6) is -1.16. The number of nitro groups is 1. The molecule has 0 spiro atoms. The highest BCUT2D eigenvalue weighted by molar-refractivity contribution is 5.86. The number of carbonyl (C=O) groups is 1. The Morgan fingerprint density at radius 2 is 1.92 bits per heavy atom. The molecule has 1 aromatic heterocycles. The smallest absolute Gasteiger partial charge is 0.343 e. The molecule has 1 unspecified atom stereocenters. The number of carbonyl (C=O) groups excluding carboxylic acids is 1. The molecule has 0 aliphatic rings. The number of ketones is 1. The van der Waals surface area contributed by atoms with Gasteiger partial charge in [-0.2, -0.15) is 0 Å². The van der Waals surface area contributed by atoms with E-state index in [0.717, 1.165) is 6.07 Å². The van der Waals surface area contributed by atoms with Gasteiger partial charge >= 0.3 is 5.63 Å². The van der Waals surface area contributed by atoms with Crippen molar-refractivity contribution in [1.29, 1.82) is 0 Å². The van der Waals surface area contributed by atoms with Crippen LogP contribution in [0.4, 0.5) is 5.69 Å². The van der Waals surface area contributed by atoms with Crippen molar-refractivity contribution in [2.24, 2.45) is 0 Å². The van der Waals surface area contributed by atoms with E-state index < -0.39 is 16.5 Å². The minimum atomic E-state index is -0.828. The van der Waals surface area contributed by atoms with Gasteiger partial charge in [-0.3, -0.25) is 14.9 Å². The van der Waals surface area contributed by atoms with Gasteiger partial charge in [0.05, 0.1) is 21.9 Å². The van der Waals surface area contributed by atoms with E-state index in [9.17, 15) is 24.8 Å². The monoisotopic (exact) mass is 353 g/mol. The normalized spacial score (nSPS) is 12.0. The second-order valence-corrected chi connectivity index (χ2v) is 5.96. The molecule has 0 aliphatic heterocycles. The summed E-state index contributed by atoms with van der Waals surface area (Å²) in [6, 6.07) is 12.5. The summed E-state index contributed by atoms with van der Waals surface area (Å²) >= 11 is 0. The molecule has 3 rings (SSSR count). The van der Waals surface area contributed by atoms with Crippen molar-refractivity contribution < 1.29 is 19.2 Å². The van der Waals surface area contributed by atoms with Gasteiger partial charge in [0.15, 0.2) is 0 Å². The Morgan fingerprint density at radius 3 is 2.54 bits per heavy atom. The van der Waals surface area contributed by atoms with E-state index in [-0.39, 0.29) is 40.2 Å². The number of nitro benzene ring substituents is 1. The molecule has 0 radical (unpaired) electrons. The molecule has 132 valence electrons. The molecule has 0 fully saturated rings. The van der Waals surface area contributed by atoms with Crippen molar-refractivity contribution in [3.8, 4) is 5.75 Å². The Hall–Kier alpha value is -3.48. The minimum Gasteiger partial charge on any atom is -0.507 e. The van der Waals surface area contributed by atoms with E-state index in [0.29, 0.717) is 5.56 Å². The fraction of sp³-hybridized carbons (Fsp3) is 0.158. The number of rotatable bonds is 5. The van der Waals surface area contributed by atoms with Crippen molar-refractivity contribution in [3.05, 3.63) is 80.2 Å². The number of non-ortho nitro benzene ring substituents is 1. The Kier molecular flexibility index (Phi) is 4.53. The lowest BCUT2D eigenvalue weighted by atomic mass is 9.87. The number of benzene rings is 2. The molecule has 1 N–H and O–H groups in total. The zero-order chi connectivity index (χ0) is 18.8. The highest BCUT2D eigenvalue weighted by Crippen LogP contribution is 2.37. The second kappa shape index (κ2) is 6.79. The SMILES string of the molecule is CC(=O)CC(c1ccccc1)c1c(O)c2ccc([N+](=O)[O-])cc2oc1=O. The van der Waals surface area contributed by atoms with Gasteiger partial charge in [0.2, 0.25) is 0 Å². The zero-order valence-corrected chi connectivity index (χ0v) is 13.8. The van der Waals surface area contributed by atoms with Crippen molar-refractivity contribution >= 4 is 22.4 Å². The highest BCUT2D eigenvalue weighted by Gasteiger charge is 2.26. The van der Waals surface area contributed by atoms with Gasteiger partial charge in [0.25, 0.3) is 5.69 Å². The predicted octanol–water partition coefficient (Wildman–Crippen LogP) is 3.52. The fourth-order valence-electron chi connectivity index (χ4n) is 2.97. The molecule has 2 aromatic carbocycles. The van der Waals surface area contributed by atoms with Crippen molar-refractivity contribution in [1.82, 2.24) is 0 Å². The van der Waals surface area contributed by atoms with Crippen molar-refractivity contribution in [2.45, 2.75) is 19.3 Å². The maximum atomic E-state index is 12.5. The fourth-order valence-corrected chi connectivity index (χ4v) is 2.97. The van der Waals surface area contributed by atoms with Gasteiger partial charge in [-0.05, 0) is 18.6 Å². The third-order valence-corrected chi connectivity index (χ3v) is 4.15. The van der Waals surface area contributed by atoms with Crippen LogP contribution >= 0.6 is 0 Å². The number of nitrogens with zero attached hydrogens (tertiary/aromatic N) is 1. The summed E-state index contributed by atoms with van der Waals surface area (Å²) in [5, 5.41) is 21.7. The van der Waals surface area contributed by atoms with E-state index >= 15 is 0 Å². The molecule has 0 bridgehead atoms. The first-order chi connectivity index (χ1) is 12.4. The molecule has 7 heteroatoms. The van der Waals surface area contributed by atoms with E-state index in [4.69, 9.17) is 4.42 Å². The third kappa shape index (κ3) is 3.19. The van der Waals surface area contributed by atoms with Crippen LogP contribution in [0.25, 0.3) is 11.0 Å². The summed E-state index contributed by atoms with van der Waals surface area (Å²) in [6.07, 6.45) is 0.0147. The number of hydrogen-bond donors (Lipinski definition) is 1. The first-order valence-corrected chi connectivity index (χ1v) is 7.87. The quantitative estimate of drug-likeness (QED) is 0.427. The topological polar surface area (TPSA) is 111 Å². The average Bonchev–Trinajstić information content (AvgIpc) is 2.60. The van der Waals surface area contributed by atoms with Crippen molar-refractivity contribution in [3.63, 3.8) is 0 Å². The molecule has 1 heterocycles. The van der Waals surface area contributed by atoms with Gasteiger partial charge in [0.1, 0.15) is 17.1 Å². The van der Waals surface area contributed by atoms with Crippen LogP contribution in [0.15, 0.2) is 57.7 Å². The predicted molar refractivity (Wildman–Crippen MR) is 94.4 cm³/mol. The first-order valence-electron chi connectivity index (χ1n) is 7.87. The van der Waals surface area contributed by atoms with Crippen LogP contribution in [0.5, 0.6) is 5.75 Å². The lowest BCUT2D eigenvalue weighted by Crippen LogP contribution is -2.16. The molecule has 0 saturated heterocycles. The third-order valence-electron chi connectivity index (χ3n) is 4.15. The van der Waals surface area contributed by atoms with Crippen LogP contribution in [0.2, 0.25) is 0 Å². The second-order valence-electron chi connectivity index (χ2n) is 5.96. The Bertz CT molecular complexity index is 1050. The molecular weight excluding hydrogens is 338 g/mol. The summed E-state index contributed by atoms with van der Waals surface area (Å²) < 4.78 is 5.22. The standard InChI is InChI=1S/C19H15NO6/c1-11(21)9-15(12-5-3-2-4-6-12)17-18(22)14-8-7-13(20(24)25)10-16(14)26-19(17)23/h2-8,10,15,22H,9H2,1H3. The van der Waals surface area contributed by atoms with Crippen LogP contribution in [-0.4, -0.2) is 15.8 Å². The molecule has 0 saturated carbocycles. The van der Waals surface area contributed by atoms with Crippen molar-refractivity contribution in [2.75, 3.05) is 0 Å². The minimum absolute atomic E-state index is 0.0147. The van der Waals surface area contributed by atoms with Gasteiger partial charge in [-0.15, -0.1) is 0 Å². The molecule has 3 aromatic rings. The van der Waals surface area contributed by atoms with Crippen LogP contribution in [-0.2, 0) is 4.79 Å². The lowest BCUT2D eigenvalue weighted by molar-refractivity contribution is -0.384. The summed E-state index contributed by atoms with van der Waals surface area (Å²) in [4.78, 5) is 34.5. The molecule has 1 atom stereocenters.